The summed E-state index contributed by atoms with van der Waals surface area (Å²) in [6, 6.07) is 5.15. The fourth-order valence-corrected chi connectivity index (χ4v) is 1.96. The Morgan fingerprint density at radius 2 is 2.05 bits per heavy atom. The van der Waals surface area contributed by atoms with Crippen molar-refractivity contribution in [1.29, 1.82) is 0 Å². The molecule has 6 heteroatoms. The molecular formula is C14H17NO4S. The van der Waals surface area contributed by atoms with Crippen LogP contribution in [0.3, 0.4) is 0 Å². The van der Waals surface area contributed by atoms with E-state index in [1.807, 2.05) is 6.92 Å². The average Bonchev–Trinajstić information content (AvgIpc) is 2.33. The highest BCUT2D eigenvalue weighted by Crippen LogP contribution is 2.15. The molecule has 1 aromatic rings. The largest absolute Gasteiger partial charge is 0.384 e. The van der Waals surface area contributed by atoms with Crippen LogP contribution in [0.1, 0.15) is 18.1 Å². The van der Waals surface area contributed by atoms with Crippen LogP contribution in [0.2, 0.25) is 0 Å². The molecular weight excluding hydrogens is 278 g/mol. The van der Waals surface area contributed by atoms with Gasteiger partial charge in [-0.25, -0.2) is 8.42 Å². The van der Waals surface area contributed by atoms with Crippen molar-refractivity contribution in [1.82, 2.24) is 0 Å². The van der Waals surface area contributed by atoms with Gasteiger partial charge in [-0.3, -0.25) is 4.79 Å². The van der Waals surface area contributed by atoms with Gasteiger partial charge < -0.3 is 10.4 Å². The number of aliphatic hydroxyl groups excluding tert-OH is 1. The van der Waals surface area contributed by atoms with E-state index in [4.69, 9.17) is 5.11 Å². The first-order valence-electron chi connectivity index (χ1n) is 5.95. The van der Waals surface area contributed by atoms with Crippen molar-refractivity contribution in [3.05, 3.63) is 29.3 Å². The maximum atomic E-state index is 11.8. The second-order valence-electron chi connectivity index (χ2n) is 4.51. The van der Waals surface area contributed by atoms with Crippen molar-refractivity contribution in [2.75, 3.05) is 18.2 Å². The van der Waals surface area contributed by atoms with Crippen molar-refractivity contribution >= 4 is 21.4 Å². The fourth-order valence-electron chi connectivity index (χ4n) is 1.51. The monoisotopic (exact) mass is 295 g/mol. The lowest BCUT2D eigenvalue weighted by molar-refractivity contribution is -0.115. The number of benzene rings is 1. The zero-order chi connectivity index (χ0) is 15.3. The van der Waals surface area contributed by atoms with Gasteiger partial charge >= 0.3 is 0 Å². The summed E-state index contributed by atoms with van der Waals surface area (Å²) in [5.74, 6) is 4.67. The molecule has 0 radical (unpaired) electrons. The predicted octanol–water partition coefficient (Wildman–Crippen LogP) is 0.710. The number of carbonyl (C=O) groups is 1. The summed E-state index contributed by atoms with van der Waals surface area (Å²) < 4.78 is 22.7. The van der Waals surface area contributed by atoms with Gasteiger partial charge in [0.1, 0.15) is 11.9 Å². The Hall–Kier alpha value is -1.84. The Bertz CT molecular complexity index is 668. The van der Waals surface area contributed by atoms with Crippen molar-refractivity contribution in [3.63, 3.8) is 0 Å². The molecule has 1 atom stereocenters. The van der Waals surface area contributed by atoms with Crippen molar-refractivity contribution in [2.24, 2.45) is 0 Å². The van der Waals surface area contributed by atoms with E-state index < -0.39 is 21.0 Å². The van der Waals surface area contributed by atoms with E-state index in [9.17, 15) is 13.2 Å². The summed E-state index contributed by atoms with van der Waals surface area (Å²) in [5.41, 5.74) is 1.99. The lowest BCUT2D eigenvalue weighted by atomic mass is 10.1. The van der Waals surface area contributed by atoms with Crippen molar-refractivity contribution < 1.29 is 18.3 Å². The molecule has 0 aliphatic heterocycles. The third-order valence-electron chi connectivity index (χ3n) is 2.67. The fraction of sp³-hybridized carbons (Fsp3) is 0.357. The number of carbonyl (C=O) groups excluding carboxylic acids is 1. The summed E-state index contributed by atoms with van der Waals surface area (Å²) in [6.45, 7) is 2.92. The highest BCUT2D eigenvalue weighted by atomic mass is 32.2. The Kier molecular flexibility index (Phi) is 5.31. The van der Waals surface area contributed by atoms with Crippen LogP contribution in [0.5, 0.6) is 0 Å². The Morgan fingerprint density at radius 3 is 2.60 bits per heavy atom. The first-order valence-corrected chi connectivity index (χ1v) is 7.90. The van der Waals surface area contributed by atoms with Crippen LogP contribution in [0.4, 0.5) is 5.69 Å². The summed E-state index contributed by atoms with van der Waals surface area (Å²) in [4.78, 5) is 11.8. The topological polar surface area (TPSA) is 83.5 Å². The zero-order valence-corrected chi connectivity index (χ0v) is 12.4. The third kappa shape index (κ3) is 4.68. The minimum atomic E-state index is -3.43. The smallest absolute Gasteiger partial charge is 0.242 e. The van der Waals surface area contributed by atoms with E-state index in [1.165, 1.54) is 6.92 Å². The number of aliphatic hydroxyl groups is 1. The summed E-state index contributed by atoms with van der Waals surface area (Å²) >= 11 is 0. The molecule has 0 saturated carbocycles. The standard InChI is InChI=1S/C14H17NO4S/c1-10-7-12(5-4-6-16)9-13(8-10)15-14(17)11(2)20(3,18)19/h7-9,11,16H,6H2,1-3H3,(H,15,17). The van der Waals surface area contributed by atoms with Crippen LogP contribution in [-0.4, -0.2) is 37.5 Å². The molecule has 0 fully saturated rings. The van der Waals surface area contributed by atoms with E-state index >= 15 is 0 Å². The van der Waals surface area contributed by atoms with E-state index in [0.29, 0.717) is 11.3 Å². The van der Waals surface area contributed by atoms with Gasteiger partial charge in [-0.05, 0) is 37.6 Å². The zero-order valence-electron chi connectivity index (χ0n) is 11.6. The molecule has 0 saturated heterocycles. The molecule has 0 aliphatic rings. The first-order chi connectivity index (χ1) is 9.24. The van der Waals surface area contributed by atoms with Crippen LogP contribution in [0.15, 0.2) is 18.2 Å². The first kappa shape index (κ1) is 16.2. The lowest BCUT2D eigenvalue weighted by Crippen LogP contribution is -2.31. The number of hydrogen-bond donors (Lipinski definition) is 2. The van der Waals surface area contributed by atoms with E-state index in [0.717, 1.165) is 11.8 Å². The van der Waals surface area contributed by atoms with Crippen LogP contribution in [0.25, 0.3) is 0 Å². The second-order valence-corrected chi connectivity index (χ2v) is 6.87. The molecule has 108 valence electrons. The molecule has 0 aromatic heterocycles. The van der Waals surface area contributed by atoms with Gasteiger partial charge in [0.2, 0.25) is 5.91 Å². The molecule has 1 aromatic carbocycles. The van der Waals surface area contributed by atoms with E-state index in [-0.39, 0.29) is 6.61 Å². The molecule has 1 rings (SSSR count). The molecule has 5 nitrogen and oxygen atoms in total. The predicted molar refractivity (Wildman–Crippen MR) is 78.1 cm³/mol. The van der Waals surface area contributed by atoms with Gasteiger partial charge in [-0.2, -0.15) is 0 Å². The number of rotatable bonds is 3. The summed E-state index contributed by atoms with van der Waals surface area (Å²) in [5, 5.41) is 10.1. The average molecular weight is 295 g/mol. The van der Waals surface area contributed by atoms with Gasteiger partial charge in [-0.1, -0.05) is 11.8 Å². The maximum absolute atomic E-state index is 11.8. The molecule has 0 bridgehead atoms. The minimum Gasteiger partial charge on any atom is -0.384 e. The summed E-state index contributed by atoms with van der Waals surface area (Å²) in [6.07, 6.45) is 1.02. The Balaban J connectivity index is 2.98. The molecule has 20 heavy (non-hydrogen) atoms. The number of hydrogen-bond acceptors (Lipinski definition) is 4. The molecule has 0 spiro atoms. The number of sulfone groups is 1. The van der Waals surface area contributed by atoms with Crippen molar-refractivity contribution in [2.45, 2.75) is 19.1 Å². The normalized spacial score (nSPS) is 12.2. The highest BCUT2D eigenvalue weighted by Gasteiger charge is 2.23. The van der Waals surface area contributed by atoms with Crippen LogP contribution in [-0.2, 0) is 14.6 Å². The number of anilines is 1. The Morgan fingerprint density at radius 1 is 1.40 bits per heavy atom. The maximum Gasteiger partial charge on any atom is 0.242 e. The number of amides is 1. The minimum absolute atomic E-state index is 0.249. The Labute approximate surface area is 118 Å². The van der Waals surface area contributed by atoms with Crippen LogP contribution in [0, 0.1) is 18.8 Å². The molecule has 0 aliphatic carbocycles. The van der Waals surface area contributed by atoms with Crippen molar-refractivity contribution in [3.8, 4) is 11.8 Å². The third-order valence-corrected chi connectivity index (χ3v) is 4.17. The van der Waals surface area contributed by atoms with Crippen LogP contribution >= 0.6 is 0 Å². The van der Waals surface area contributed by atoms with Crippen LogP contribution < -0.4 is 5.32 Å². The molecule has 1 unspecified atom stereocenters. The van der Waals surface area contributed by atoms with E-state index in [1.54, 1.807) is 18.2 Å². The molecule has 0 heterocycles. The van der Waals surface area contributed by atoms with E-state index in [2.05, 4.69) is 17.2 Å². The molecule has 2 N–H and O–H groups in total. The van der Waals surface area contributed by atoms with Gasteiger partial charge in [0.05, 0.1) is 0 Å². The molecule has 1 amide bonds. The van der Waals surface area contributed by atoms with Gasteiger partial charge in [0.25, 0.3) is 0 Å². The SMILES string of the molecule is Cc1cc(C#CCO)cc(NC(=O)C(C)S(C)(=O)=O)c1. The highest BCUT2D eigenvalue weighted by molar-refractivity contribution is 7.92. The summed E-state index contributed by atoms with van der Waals surface area (Å²) in [7, 11) is -3.43. The quantitative estimate of drug-likeness (QED) is 0.805. The number of aryl methyl sites for hydroxylation is 1. The second kappa shape index (κ2) is 6.55. The number of nitrogens with one attached hydrogen (secondary N) is 1. The lowest BCUT2D eigenvalue weighted by Gasteiger charge is -2.11. The van der Waals surface area contributed by atoms with Gasteiger partial charge in [-0.15, -0.1) is 0 Å². The van der Waals surface area contributed by atoms with Gasteiger partial charge in [0, 0.05) is 17.5 Å². The van der Waals surface area contributed by atoms with Gasteiger partial charge in [0.15, 0.2) is 9.84 Å².